The van der Waals surface area contributed by atoms with Crippen molar-refractivity contribution in [2.75, 3.05) is 11.9 Å². The monoisotopic (exact) mass is 204 g/mol. The molecule has 0 aromatic heterocycles. The Morgan fingerprint density at radius 1 is 1.40 bits per heavy atom. The molecule has 1 aliphatic rings. The van der Waals surface area contributed by atoms with E-state index in [9.17, 15) is 4.79 Å². The Kier molecular flexibility index (Phi) is 2.90. The third-order valence-corrected chi connectivity index (χ3v) is 2.56. The molecule has 2 amide bonds. The predicted octanol–water partition coefficient (Wildman–Crippen LogP) is 2.71. The zero-order chi connectivity index (χ0) is 10.7. The van der Waals surface area contributed by atoms with Gasteiger partial charge in [-0.3, -0.25) is 0 Å². The van der Waals surface area contributed by atoms with Crippen molar-refractivity contribution in [3.63, 3.8) is 0 Å². The van der Waals surface area contributed by atoms with Gasteiger partial charge in [0.15, 0.2) is 0 Å². The lowest BCUT2D eigenvalue weighted by Crippen LogP contribution is -2.28. The van der Waals surface area contributed by atoms with Gasteiger partial charge in [-0.25, -0.2) is 4.79 Å². The summed E-state index contributed by atoms with van der Waals surface area (Å²) < 4.78 is 0. The quantitative estimate of drug-likeness (QED) is 0.781. The lowest BCUT2D eigenvalue weighted by atomic mass is 10.1. The molecule has 1 aliphatic carbocycles. The summed E-state index contributed by atoms with van der Waals surface area (Å²) in [5.41, 5.74) is 2.22. The van der Waals surface area contributed by atoms with Crippen LogP contribution in [0.5, 0.6) is 0 Å². The van der Waals surface area contributed by atoms with Gasteiger partial charge in [0.1, 0.15) is 0 Å². The van der Waals surface area contributed by atoms with Crippen molar-refractivity contribution in [1.29, 1.82) is 0 Å². The first-order chi connectivity index (χ1) is 7.31. The molecule has 1 aromatic carbocycles. The van der Waals surface area contributed by atoms with Crippen LogP contribution < -0.4 is 10.6 Å². The summed E-state index contributed by atoms with van der Waals surface area (Å²) in [5, 5.41) is 5.61. The average molecular weight is 204 g/mol. The minimum atomic E-state index is -0.120. The van der Waals surface area contributed by atoms with Gasteiger partial charge < -0.3 is 10.6 Å². The number of benzene rings is 1. The predicted molar refractivity (Wildman–Crippen MR) is 61.1 cm³/mol. The molecule has 80 valence electrons. The first-order valence-electron chi connectivity index (χ1n) is 5.45. The van der Waals surface area contributed by atoms with Gasteiger partial charge in [-0.2, -0.15) is 0 Å². The molecule has 0 aliphatic heterocycles. The van der Waals surface area contributed by atoms with Crippen LogP contribution in [0.3, 0.4) is 0 Å². The number of para-hydroxylation sites is 1. The molecule has 3 heteroatoms. The number of anilines is 1. The first-order valence-corrected chi connectivity index (χ1v) is 5.45. The Morgan fingerprint density at radius 3 is 2.80 bits per heavy atom. The number of carbonyl (C=O) groups excluding carboxylic acids is 1. The lowest BCUT2D eigenvalue weighted by molar-refractivity contribution is 0.252. The van der Waals surface area contributed by atoms with E-state index in [1.54, 1.807) is 0 Å². The largest absolute Gasteiger partial charge is 0.338 e. The van der Waals surface area contributed by atoms with E-state index < -0.39 is 0 Å². The Balaban J connectivity index is 2.09. The van der Waals surface area contributed by atoms with Crippen molar-refractivity contribution < 1.29 is 4.79 Å². The second-order valence-electron chi connectivity index (χ2n) is 3.85. The Morgan fingerprint density at radius 2 is 2.13 bits per heavy atom. The second-order valence-corrected chi connectivity index (χ2v) is 3.85. The highest BCUT2D eigenvalue weighted by atomic mass is 16.2. The fourth-order valence-corrected chi connectivity index (χ4v) is 1.69. The van der Waals surface area contributed by atoms with Crippen LogP contribution in [0.15, 0.2) is 24.3 Å². The van der Waals surface area contributed by atoms with Crippen LogP contribution in [0.4, 0.5) is 10.5 Å². The smallest absolute Gasteiger partial charge is 0.319 e. The molecule has 1 aromatic rings. The molecule has 0 atom stereocenters. The van der Waals surface area contributed by atoms with Crippen molar-refractivity contribution in [1.82, 2.24) is 5.32 Å². The molecule has 2 rings (SSSR count). The fourth-order valence-electron chi connectivity index (χ4n) is 1.69. The Bertz CT molecular complexity index is 358. The summed E-state index contributed by atoms with van der Waals surface area (Å²) in [6.45, 7) is 2.56. The highest BCUT2D eigenvalue weighted by Gasteiger charge is 2.25. The van der Waals surface area contributed by atoms with Crippen LogP contribution in [0, 0.1) is 0 Å². The standard InChI is InChI=1S/C12H16N2O/c1-2-13-12(15)14-11-6-4-3-5-10(11)9-7-8-9/h3-6,9H,2,7-8H2,1H3,(H2,13,14,15). The number of carbonyl (C=O) groups is 1. The second kappa shape index (κ2) is 4.34. The van der Waals surface area contributed by atoms with E-state index >= 15 is 0 Å². The summed E-state index contributed by atoms with van der Waals surface area (Å²) in [4.78, 5) is 11.4. The van der Waals surface area contributed by atoms with Gasteiger partial charge in [-0.15, -0.1) is 0 Å². The Labute approximate surface area is 89.9 Å². The number of rotatable bonds is 3. The lowest BCUT2D eigenvalue weighted by Gasteiger charge is -2.10. The molecule has 15 heavy (non-hydrogen) atoms. The van der Waals surface area contributed by atoms with E-state index in [0.29, 0.717) is 12.5 Å². The van der Waals surface area contributed by atoms with Gasteiger partial charge >= 0.3 is 6.03 Å². The molecular weight excluding hydrogens is 188 g/mol. The molecule has 3 nitrogen and oxygen atoms in total. The maximum Gasteiger partial charge on any atom is 0.319 e. The van der Waals surface area contributed by atoms with Crippen molar-refractivity contribution in [2.24, 2.45) is 0 Å². The van der Waals surface area contributed by atoms with Gasteiger partial charge in [0.25, 0.3) is 0 Å². The van der Waals surface area contributed by atoms with Crippen LogP contribution >= 0.6 is 0 Å². The van der Waals surface area contributed by atoms with Gasteiger partial charge in [0, 0.05) is 12.2 Å². The fraction of sp³-hybridized carbons (Fsp3) is 0.417. The summed E-state index contributed by atoms with van der Waals surface area (Å²) in [5.74, 6) is 0.656. The van der Waals surface area contributed by atoms with Crippen LogP contribution in [-0.2, 0) is 0 Å². The normalized spacial score (nSPS) is 14.7. The van der Waals surface area contributed by atoms with Crippen LogP contribution in [0.1, 0.15) is 31.2 Å². The SMILES string of the molecule is CCNC(=O)Nc1ccccc1C1CC1. The molecule has 0 saturated heterocycles. The van der Waals surface area contributed by atoms with Crippen LogP contribution in [0.2, 0.25) is 0 Å². The molecule has 0 spiro atoms. The summed E-state index contributed by atoms with van der Waals surface area (Å²) in [7, 11) is 0. The van der Waals surface area contributed by atoms with E-state index in [0.717, 1.165) is 5.69 Å². The van der Waals surface area contributed by atoms with E-state index in [4.69, 9.17) is 0 Å². The molecule has 1 saturated carbocycles. The molecule has 0 heterocycles. The van der Waals surface area contributed by atoms with E-state index in [1.807, 2.05) is 25.1 Å². The van der Waals surface area contributed by atoms with Gasteiger partial charge in [-0.1, -0.05) is 18.2 Å². The van der Waals surface area contributed by atoms with Crippen LogP contribution in [0.25, 0.3) is 0 Å². The molecule has 0 bridgehead atoms. The maximum atomic E-state index is 11.4. The van der Waals surface area contributed by atoms with Crippen molar-refractivity contribution in [3.8, 4) is 0 Å². The highest BCUT2D eigenvalue weighted by molar-refractivity contribution is 5.90. The summed E-state index contributed by atoms with van der Waals surface area (Å²) in [6.07, 6.45) is 2.49. The van der Waals surface area contributed by atoms with Crippen molar-refractivity contribution in [3.05, 3.63) is 29.8 Å². The number of hydrogen-bond acceptors (Lipinski definition) is 1. The van der Waals surface area contributed by atoms with Gasteiger partial charge in [-0.05, 0) is 37.3 Å². The minimum Gasteiger partial charge on any atom is -0.338 e. The van der Waals surface area contributed by atoms with Crippen LogP contribution in [-0.4, -0.2) is 12.6 Å². The first kappa shape index (κ1) is 10.0. The average Bonchev–Trinajstić information content (AvgIpc) is 3.02. The van der Waals surface area contributed by atoms with E-state index in [-0.39, 0.29) is 6.03 Å². The van der Waals surface area contributed by atoms with Crippen molar-refractivity contribution in [2.45, 2.75) is 25.7 Å². The molecule has 0 radical (unpaired) electrons. The van der Waals surface area contributed by atoms with E-state index in [1.165, 1.54) is 18.4 Å². The highest BCUT2D eigenvalue weighted by Crippen LogP contribution is 2.43. The summed E-state index contributed by atoms with van der Waals surface area (Å²) in [6, 6.07) is 7.91. The molecular formula is C12H16N2O. The van der Waals surface area contributed by atoms with Gasteiger partial charge in [0.05, 0.1) is 0 Å². The minimum absolute atomic E-state index is 0.120. The number of urea groups is 1. The topological polar surface area (TPSA) is 41.1 Å². The van der Waals surface area contributed by atoms with Gasteiger partial charge in [0.2, 0.25) is 0 Å². The Hall–Kier alpha value is -1.51. The maximum absolute atomic E-state index is 11.4. The third-order valence-electron chi connectivity index (χ3n) is 2.56. The number of hydrogen-bond donors (Lipinski definition) is 2. The zero-order valence-electron chi connectivity index (χ0n) is 8.92. The number of amides is 2. The van der Waals surface area contributed by atoms with E-state index in [2.05, 4.69) is 16.7 Å². The third kappa shape index (κ3) is 2.49. The summed E-state index contributed by atoms with van der Waals surface area (Å²) >= 11 is 0. The zero-order valence-corrected chi connectivity index (χ0v) is 8.92. The molecule has 0 unspecified atom stereocenters. The molecule has 1 fully saturated rings. The number of nitrogens with one attached hydrogen (secondary N) is 2. The molecule has 2 N–H and O–H groups in total. The van der Waals surface area contributed by atoms with Crippen molar-refractivity contribution >= 4 is 11.7 Å².